The van der Waals surface area contributed by atoms with E-state index in [2.05, 4.69) is 22.9 Å². The summed E-state index contributed by atoms with van der Waals surface area (Å²) in [5.41, 5.74) is 1.03. The molecule has 0 spiro atoms. The summed E-state index contributed by atoms with van der Waals surface area (Å²) in [4.78, 5) is 0. The number of hydrogen-bond donors (Lipinski definition) is 0. The largest absolute Gasteiger partial charge is 1.00 e. The van der Waals surface area contributed by atoms with E-state index < -0.39 is 0 Å². The van der Waals surface area contributed by atoms with Crippen molar-refractivity contribution in [3.05, 3.63) is 46.5 Å². The van der Waals surface area contributed by atoms with Gasteiger partial charge in [0.15, 0.2) is 0 Å². The first-order valence-corrected chi connectivity index (χ1v) is 10.8. The number of unbranched alkanes of at least 4 members (excludes halogenated alkanes) is 9. The van der Waals surface area contributed by atoms with Gasteiger partial charge in [-0.15, -0.1) is 4.68 Å². The summed E-state index contributed by atoms with van der Waals surface area (Å²) in [5, 5.41) is 5.78. The van der Waals surface area contributed by atoms with E-state index in [4.69, 9.17) is 23.2 Å². The molecule has 0 saturated heterocycles. The van der Waals surface area contributed by atoms with E-state index in [-0.39, 0.29) is 17.0 Å². The lowest BCUT2D eigenvalue weighted by Gasteiger charge is -2.02. The first-order valence-electron chi connectivity index (χ1n) is 10.0. The van der Waals surface area contributed by atoms with Gasteiger partial charge < -0.3 is 17.0 Å². The van der Waals surface area contributed by atoms with Crippen LogP contribution >= 0.6 is 23.2 Å². The summed E-state index contributed by atoms with van der Waals surface area (Å²) < 4.78 is 4.08. The molecule has 6 heteroatoms. The van der Waals surface area contributed by atoms with Crippen LogP contribution in [-0.4, -0.2) is 9.78 Å². The van der Waals surface area contributed by atoms with Crippen molar-refractivity contribution in [2.24, 2.45) is 0 Å². The van der Waals surface area contributed by atoms with E-state index in [1.165, 1.54) is 64.2 Å². The van der Waals surface area contributed by atoms with Crippen LogP contribution in [0.3, 0.4) is 0 Å². The van der Waals surface area contributed by atoms with Crippen LogP contribution in [0.4, 0.5) is 0 Å². The Bertz CT molecular complexity index is 646. The monoisotopic (exact) mass is 475 g/mol. The highest BCUT2D eigenvalue weighted by Crippen LogP contribution is 2.21. The summed E-state index contributed by atoms with van der Waals surface area (Å²) in [6.07, 6.45) is 17.6. The van der Waals surface area contributed by atoms with Gasteiger partial charge in [0.2, 0.25) is 6.33 Å². The first kappa shape index (κ1) is 24.5. The molecule has 0 aliphatic rings. The first-order chi connectivity index (χ1) is 12.7. The molecule has 3 nitrogen and oxygen atoms in total. The zero-order chi connectivity index (χ0) is 18.6. The predicted molar refractivity (Wildman–Crippen MR) is 110 cm³/mol. The van der Waals surface area contributed by atoms with Crippen molar-refractivity contribution in [2.45, 2.75) is 84.2 Å². The normalized spacial score (nSPS) is 10.8. The third-order valence-electron chi connectivity index (χ3n) is 4.75. The molecule has 0 N–H and O–H groups in total. The van der Waals surface area contributed by atoms with Crippen molar-refractivity contribution in [3.63, 3.8) is 0 Å². The van der Waals surface area contributed by atoms with Gasteiger partial charge in [-0.2, -0.15) is 0 Å². The summed E-state index contributed by atoms with van der Waals surface area (Å²) in [6, 6.07) is 5.60. The quantitative estimate of drug-likeness (QED) is 0.320. The molecule has 2 rings (SSSR count). The van der Waals surface area contributed by atoms with Crippen LogP contribution in [0.1, 0.15) is 76.7 Å². The zero-order valence-corrected chi connectivity index (χ0v) is 19.4. The second kappa shape index (κ2) is 14.4. The van der Waals surface area contributed by atoms with Crippen LogP contribution in [-0.2, 0) is 13.1 Å². The fraction of sp³-hybridized carbons (Fsp3) is 0.619. The van der Waals surface area contributed by atoms with Crippen molar-refractivity contribution < 1.29 is 21.5 Å². The Hall–Kier alpha value is -0.580. The van der Waals surface area contributed by atoms with E-state index in [9.17, 15) is 0 Å². The Morgan fingerprint density at radius 2 is 1.56 bits per heavy atom. The Labute approximate surface area is 184 Å². The topological polar surface area (TPSA) is 21.7 Å². The average molecular weight is 477 g/mol. The summed E-state index contributed by atoms with van der Waals surface area (Å²) in [7, 11) is 0. The number of nitrogens with zero attached hydrogens (tertiary/aromatic N) is 3. The third kappa shape index (κ3) is 9.96. The lowest BCUT2D eigenvalue weighted by Crippen LogP contribution is -3.00. The minimum atomic E-state index is 0. The van der Waals surface area contributed by atoms with Crippen LogP contribution in [0.5, 0.6) is 0 Å². The minimum Gasteiger partial charge on any atom is -1.00 e. The Kier molecular flexibility index (Phi) is 13.1. The van der Waals surface area contributed by atoms with E-state index in [1.54, 1.807) is 6.07 Å². The Balaban J connectivity index is 0.00000364. The predicted octanol–water partition coefficient (Wildman–Crippen LogP) is 3.45. The smallest absolute Gasteiger partial charge is 0.265 e. The molecular weight excluding hydrogens is 445 g/mol. The van der Waals surface area contributed by atoms with Crippen LogP contribution in [0.2, 0.25) is 10.0 Å². The highest BCUT2D eigenvalue weighted by molar-refractivity contribution is 6.35. The standard InChI is InChI=1S/C21H32Cl2N3.BrH/c1-2-3-4-5-6-7-8-9-10-11-14-25-17-24-26(18-25)16-19-12-13-20(22)15-21(19)23;/h12-13,15,17-18H,2-11,14,16H2,1H3;1H/q+1;/p-1. The van der Waals surface area contributed by atoms with E-state index in [1.807, 2.05) is 23.1 Å². The highest BCUT2D eigenvalue weighted by Gasteiger charge is 2.09. The fourth-order valence-corrected chi connectivity index (χ4v) is 3.64. The van der Waals surface area contributed by atoms with Gasteiger partial charge in [0, 0.05) is 20.7 Å². The molecule has 0 fully saturated rings. The van der Waals surface area contributed by atoms with Gasteiger partial charge in [0.05, 0.1) is 6.54 Å². The number of halogens is 3. The molecule has 1 aromatic heterocycles. The number of hydrogen-bond acceptors (Lipinski definition) is 1. The van der Waals surface area contributed by atoms with Crippen molar-refractivity contribution in [2.75, 3.05) is 0 Å². The average Bonchev–Trinajstić information content (AvgIpc) is 3.06. The third-order valence-corrected chi connectivity index (χ3v) is 5.33. The van der Waals surface area contributed by atoms with Gasteiger partial charge in [-0.05, 0) is 18.6 Å². The van der Waals surface area contributed by atoms with Crippen LogP contribution in [0, 0.1) is 0 Å². The maximum Gasteiger partial charge on any atom is 0.265 e. The lowest BCUT2D eigenvalue weighted by molar-refractivity contribution is -0.698. The molecule has 0 aliphatic carbocycles. The SMILES string of the molecule is CCCCCCCCCCCC[n+]1cnn(Cc2ccc(Cl)cc2Cl)c1.[Br-]. The zero-order valence-electron chi connectivity index (χ0n) is 16.3. The van der Waals surface area contributed by atoms with Crippen molar-refractivity contribution in [1.82, 2.24) is 9.78 Å². The molecule has 152 valence electrons. The van der Waals surface area contributed by atoms with Gasteiger partial charge in [-0.3, -0.25) is 0 Å². The summed E-state index contributed by atoms with van der Waals surface area (Å²) in [5.74, 6) is 0. The second-order valence-electron chi connectivity index (χ2n) is 7.10. The molecule has 27 heavy (non-hydrogen) atoms. The molecule has 2 aromatic rings. The molecule has 0 bridgehead atoms. The number of benzene rings is 1. The van der Waals surface area contributed by atoms with Gasteiger partial charge in [-0.1, -0.05) is 94.0 Å². The number of rotatable bonds is 13. The molecule has 0 aliphatic heterocycles. The molecular formula is C21H32BrCl2N3. The van der Waals surface area contributed by atoms with Crippen molar-refractivity contribution >= 4 is 23.2 Å². The Morgan fingerprint density at radius 1 is 0.926 bits per heavy atom. The van der Waals surface area contributed by atoms with Gasteiger partial charge >= 0.3 is 0 Å². The molecule has 0 saturated carbocycles. The van der Waals surface area contributed by atoms with E-state index >= 15 is 0 Å². The molecule has 1 heterocycles. The maximum atomic E-state index is 6.23. The lowest BCUT2D eigenvalue weighted by atomic mass is 10.1. The summed E-state index contributed by atoms with van der Waals surface area (Å²) in [6.45, 7) is 3.97. The van der Waals surface area contributed by atoms with Crippen LogP contribution in [0.15, 0.2) is 30.9 Å². The van der Waals surface area contributed by atoms with Crippen LogP contribution in [0.25, 0.3) is 0 Å². The fourth-order valence-electron chi connectivity index (χ4n) is 3.17. The van der Waals surface area contributed by atoms with Crippen LogP contribution < -0.4 is 21.5 Å². The molecule has 0 amide bonds. The van der Waals surface area contributed by atoms with E-state index in [0.29, 0.717) is 16.6 Å². The molecule has 0 unspecified atom stereocenters. The van der Waals surface area contributed by atoms with E-state index in [0.717, 1.165) is 12.1 Å². The number of aromatic nitrogens is 3. The summed E-state index contributed by atoms with van der Waals surface area (Å²) >= 11 is 12.2. The molecule has 1 aromatic carbocycles. The number of aryl methyl sites for hydroxylation is 1. The van der Waals surface area contributed by atoms with Gasteiger partial charge in [-0.25, -0.2) is 4.57 Å². The van der Waals surface area contributed by atoms with Crippen molar-refractivity contribution in [1.29, 1.82) is 0 Å². The van der Waals surface area contributed by atoms with Crippen molar-refractivity contribution in [3.8, 4) is 0 Å². The second-order valence-corrected chi connectivity index (χ2v) is 7.94. The highest BCUT2D eigenvalue weighted by atomic mass is 79.9. The maximum absolute atomic E-state index is 6.23. The molecule has 0 atom stereocenters. The Morgan fingerprint density at radius 3 is 2.19 bits per heavy atom. The minimum absolute atomic E-state index is 0. The molecule has 0 radical (unpaired) electrons. The van der Waals surface area contributed by atoms with Gasteiger partial charge in [0.1, 0.15) is 6.54 Å². The van der Waals surface area contributed by atoms with Gasteiger partial charge in [0.25, 0.3) is 6.33 Å².